The van der Waals surface area contributed by atoms with Crippen molar-refractivity contribution in [1.29, 1.82) is 0 Å². The second-order valence-electron chi connectivity index (χ2n) is 7.31. The predicted molar refractivity (Wildman–Crippen MR) is 97.8 cm³/mol. The fourth-order valence-electron chi connectivity index (χ4n) is 2.72. The van der Waals surface area contributed by atoms with Crippen molar-refractivity contribution < 1.29 is 14.0 Å². The first-order valence-electron chi connectivity index (χ1n) is 8.80. The highest BCUT2D eigenvalue weighted by atomic mass is 32.1. The summed E-state index contributed by atoms with van der Waals surface area (Å²) in [6, 6.07) is 2.76. The number of hydrogen-bond acceptors (Lipinski definition) is 6. The van der Waals surface area contributed by atoms with Crippen LogP contribution in [0.25, 0.3) is 0 Å². The summed E-state index contributed by atoms with van der Waals surface area (Å²) in [6.07, 6.45) is 2.50. The predicted octanol–water partition coefficient (Wildman–Crippen LogP) is 3.09. The highest BCUT2D eigenvalue weighted by Crippen LogP contribution is 2.37. The second-order valence-corrected chi connectivity index (χ2v) is 7.92. The highest BCUT2D eigenvalue weighted by molar-refractivity contribution is 7.03. The summed E-state index contributed by atoms with van der Waals surface area (Å²) in [5.41, 5.74) is -0.116. The number of nitrogens with zero attached hydrogens (tertiary/aromatic N) is 3. The molecule has 1 saturated carbocycles. The number of aromatic nitrogens is 2. The van der Waals surface area contributed by atoms with Gasteiger partial charge in [0.05, 0.1) is 0 Å². The van der Waals surface area contributed by atoms with Gasteiger partial charge in [-0.1, -0.05) is 11.4 Å². The minimum Gasteiger partial charge on any atom is -0.464 e. The SMILES string of the molecule is CCC(C)(C)NC(=O)[C@@H](c1ccc(C)o1)N(C(=O)c1csnn1)C1CC1. The molecule has 7 nitrogen and oxygen atoms in total. The summed E-state index contributed by atoms with van der Waals surface area (Å²) in [5.74, 6) is 0.640. The van der Waals surface area contributed by atoms with Gasteiger partial charge in [0.25, 0.3) is 11.8 Å². The molecule has 1 aliphatic carbocycles. The van der Waals surface area contributed by atoms with Crippen molar-refractivity contribution >= 4 is 23.3 Å². The highest BCUT2D eigenvalue weighted by Gasteiger charge is 2.44. The Hall–Kier alpha value is -2.22. The summed E-state index contributed by atoms with van der Waals surface area (Å²) in [6.45, 7) is 7.76. The van der Waals surface area contributed by atoms with E-state index in [9.17, 15) is 9.59 Å². The second kappa shape index (κ2) is 7.19. The maximum absolute atomic E-state index is 13.2. The molecule has 3 rings (SSSR count). The fourth-order valence-corrected chi connectivity index (χ4v) is 3.15. The Kier molecular flexibility index (Phi) is 5.13. The Morgan fingerprint density at radius 2 is 2.15 bits per heavy atom. The van der Waals surface area contributed by atoms with Gasteiger partial charge >= 0.3 is 0 Å². The van der Waals surface area contributed by atoms with Crippen LogP contribution in [-0.4, -0.2) is 37.9 Å². The molecule has 1 N–H and O–H groups in total. The lowest BCUT2D eigenvalue weighted by Gasteiger charge is -2.33. The molecule has 0 bridgehead atoms. The molecule has 0 aliphatic heterocycles. The number of carbonyl (C=O) groups excluding carboxylic acids is 2. The molecule has 0 saturated heterocycles. The molecule has 2 aromatic rings. The monoisotopic (exact) mass is 376 g/mol. The lowest BCUT2D eigenvalue weighted by Crippen LogP contribution is -2.50. The molecule has 0 aromatic carbocycles. The van der Waals surface area contributed by atoms with Gasteiger partial charge in [0.2, 0.25) is 0 Å². The van der Waals surface area contributed by atoms with Gasteiger partial charge in [-0.2, -0.15) is 0 Å². The average molecular weight is 376 g/mol. The van der Waals surface area contributed by atoms with Crippen LogP contribution in [0.15, 0.2) is 21.9 Å². The topological polar surface area (TPSA) is 88.3 Å². The van der Waals surface area contributed by atoms with Crippen LogP contribution in [0.2, 0.25) is 0 Å². The van der Waals surface area contributed by atoms with Crippen LogP contribution >= 0.6 is 11.5 Å². The van der Waals surface area contributed by atoms with Crippen molar-refractivity contribution in [2.24, 2.45) is 0 Å². The van der Waals surface area contributed by atoms with Crippen LogP contribution in [-0.2, 0) is 4.79 Å². The first kappa shape index (κ1) is 18.6. The molecule has 2 aromatic heterocycles. The van der Waals surface area contributed by atoms with Crippen LogP contribution in [0.5, 0.6) is 0 Å². The zero-order valence-corrected chi connectivity index (χ0v) is 16.3. The third-order valence-electron chi connectivity index (χ3n) is 4.66. The Labute approximate surface area is 156 Å². The molecule has 26 heavy (non-hydrogen) atoms. The third-order valence-corrected chi connectivity index (χ3v) is 5.16. The summed E-state index contributed by atoms with van der Waals surface area (Å²) >= 11 is 1.12. The summed E-state index contributed by atoms with van der Waals surface area (Å²) in [7, 11) is 0. The van der Waals surface area contributed by atoms with Gasteiger partial charge in [-0.15, -0.1) is 5.10 Å². The summed E-state index contributed by atoms with van der Waals surface area (Å²) in [4.78, 5) is 27.8. The van der Waals surface area contributed by atoms with Crippen molar-refractivity contribution in [3.63, 3.8) is 0 Å². The number of rotatable bonds is 7. The Bertz CT molecular complexity index is 780. The lowest BCUT2D eigenvalue weighted by atomic mass is 10.0. The first-order chi connectivity index (χ1) is 12.3. The minimum atomic E-state index is -0.823. The summed E-state index contributed by atoms with van der Waals surface area (Å²) in [5, 5.41) is 8.55. The van der Waals surface area contributed by atoms with E-state index in [1.54, 1.807) is 22.4 Å². The average Bonchev–Trinajstić information content (AvgIpc) is 3.09. The van der Waals surface area contributed by atoms with Crippen LogP contribution in [0.4, 0.5) is 0 Å². The van der Waals surface area contributed by atoms with E-state index in [1.807, 2.05) is 27.7 Å². The molecule has 1 aliphatic rings. The number of hydrogen-bond donors (Lipinski definition) is 1. The smallest absolute Gasteiger partial charge is 0.276 e. The van der Waals surface area contributed by atoms with Crippen LogP contribution in [0, 0.1) is 6.92 Å². The number of aryl methyl sites for hydroxylation is 1. The zero-order chi connectivity index (χ0) is 18.9. The maximum atomic E-state index is 13.2. The van der Waals surface area contributed by atoms with Crippen LogP contribution < -0.4 is 5.32 Å². The molecule has 8 heteroatoms. The van der Waals surface area contributed by atoms with Gasteiger partial charge in [-0.3, -0.25) is 9.59 Å². The van der Waals surface area contributed by atoms with E-state index in [0.29, 0.717) is 11.5 Å². The molecule has 1 atom stereocenters. The van der Waals surface area contributed by atoms with Crippen LogP contribution in [0.1, 0.15) is 68.1 Å². The fraction of sp³-hybridized carbons (Fsp3) is 0.556. The number of furan rings is 1. The normalized spacial score (nSPS) is 15.5. The van der Waals surface area contributed by atoms with E-state index in [1.165, 1.54) is 0 Å². The van der Waals surface area contributed by atoms with Crippen molar-refractivity contribution in [3.05, 3.63) is 34.7 Å². The van der Waals surface area contributed by atoms with Gasteiger partial charge in [-0.05, 0) is 63.7 Å². The van der Waals surface area contributed by atoms with Gasteiger partial charge in [0.15, 0.2) is 11.7 Å². The number of carbonyl (C=O) groups is 2. The zero-order valence-electron chi connectivity index (χ0n) is 15.5. The number of nitrogens with one attached hydrogen (secondary N) is 1. The Morgan fingerprint density at radius 1 is 1.42 bits per heavy atom. The largest absolute Gasteiger partial charge is 0.464 e. The van der Waals surface area contributed by atoms with Crippen LogP contribution in [0.3, 0.4) is 0 Å². The first-order valence-corrected chi connectivity index (χ1v) is 9.64. The molecule has 1 fully saturated rings. The maximum Gasteiger partial charge on any atom is 0.276 e. The molecule has 0 radical (unpaired) electrons. The molecule has 2 amide bonds. The van der Waals surface area contributed by atoms with E-state index in [-0.39, 0.29) is 29.1 Å². The van der Waals surface area contributed by atoms with Gasteiger partial charge in [0.1, 0.15) is 11.5 Å². The summed E-state index contributed by atoms with van der Waals surface area (Å²) < 4.78 is 9.53. The molecule has 2 heterocycles. The van der Waals surface area contributed by atoms with E-state index in [2.05, 4.69) is 14.9 Å². The molecular formula is C18H24N4O3S. The standard InChI is InChI=1S/C18H24N4O3S/c1-5-18(3,4)19-16(23)15(14-9-6-11(2)25-14)22(12-7-8-12)17(24)13-10-26-21-20-13/h6,9-10,12,15H,5,7-8H2,1-4H3,(H,19,23)/t15-/m1/s1. The van der Waals surface area contributed by atoms with E-state index < -0.39 is 6.04 Å². The molecule has 140 valence electrons. The Balaban J connectivity index is 1.97. The van der Waals surface area contributed by atoms with Crippen molar-refractivity contribution in [2.75, 3.05) is 0 Å². The Morgan fingerprint density at radius 3 is 2.65 bits per heavy atom. The van der Waals surface area contributed by atoms with Crippen molar-refractivity contribution in [1.82, 2.24) is 19.8 Å². The van der Waals surface area contributed by atoms with E-state index >= 15 is 0 Å². The van der Waals surface area contributed by atoms with Gasteiger partial charge < -0.3 is 14.6 Å². The van der Waals surface area contributed by atoms with Crippen molar-refractivity contribution in [3.8, 4) is 0 Å². The third kappa shape index (κ3) is 3.95. The van der Waals surface area contributed by atoms with Gasteiger partial charge in [-0.25, -0.2) is 0 Å². The van der Waals surface area contributed by atoms with Gasteiger partial charge in [0, 0.05) is 17.0 Å². The quantitative estimate of drug-likeness (QED) is 0.802. The minimum absolute atomic E-state index is 0.00935. The molecule has 0 unspecified atom stereocenters. The molecule has 0 spiro atoms. The van der Waals surface area contributed by atoms with E-state index in [4.69, 9.17) is 4.42 Å². The lowest BCUT2D eigenvalue weighted by molar-refractivity contribution is -0.128. The molecular weight excluding hydrogens is 352 g/mol. The number of amides is 2. The van der Waals surface area contributed by atoms with E-state index in [0.717, 1.165) is 30.8 Å². The van der Waals surface area contributed by atoms with Crippen molar-refractivity contribution in [2.45, 2.75) is 64.6 Å².